The lowest BCUT2D eigenvalue weighted by Crippen LogP contribution is -2.40. The van der Waals surface area contributed by atoms with Crippen LogP contribution in [0.1, 0.15) is 55.6 Å². The molecular formula is C50H64Cl3F3N5O14P. The maximum absolute atomic E-state index is 13.1. The summed E-state index contributed by atoms with van der Waals surface area (Å²) in [4.78, 5) is 87.9. The number of nitrogens with one attached hydrogen (secondary N) is 1. The van der Waals surface area contributed by atoms with E-state index in [4.69, 9.17) is 68.6 Å². The summed E-state index contributed by atoms with van der Waals surface area (Å²) >= 11 is 16.5. The van der Waals surface area contributed by atoms with Crippen molar-refractivity contribution in [2.75, 3.05) is 57.1 Å². The SMILES string of the molecule is C=CCN(CC=C)C(=O)C(Cl)Cl.CCOCN(C(=O)CCl)c1c(C)cccc1CC.CCc1ccc(COc2ccc(-n3c(=O)cc(C(F)(F)F)n(C)c3=O)cc2)c(OC(C)C(=O)OC)c1.O=C(O)CNCP(=O)(O)O. The van der Waals surface area contributed by atoms with Crippen LogP contribution in [-0.2, 0) is 65.9 Å². The zero-order valence-electron chi connectivity index (χ0n) is 43.0. The number of ether oxygens (including phenoxy) is 4. The molecule has 1 atom stereocenters. The van der Waals surface area contributed by atoms with Crippen molar-refractivity contribution in [3.63, 3.8) is 0 Å². The second-order valence-electron chi connectivity index (χ2n) is 15.7. The lowest BCUT2D eigenvalue weighted by Gasteiger charge is -2.25. The molecule has 0 fully saturated rings. The van der Waals surface area contributed by atoms with Crippen molar-refractivity contribution in [2.45, 2.75) is 71.2 Å². The summed E-state index contributed by atoms with van der Waals surface area (Å²) in [5, 5.41) is 10.1. The van der Waals surface area contributed by atoms with E-state index in [1.807, 2.05) is 57.2 Å². The van der Waals surface area contributed by atoms with Gasteiger partial charge in [-0.25, -0.2) is 14.2 Å². The van der Waals surface area contributed by atoms with E-state index in [1.165, 1.54) is 36.3 Å². The molecule has 0 bridgehead atoms. The molecule has 1 aromatic heterocycles. The number of halogens is 6. The predicted octanol–water partition coefficient (Wildman–Crippen LogP) is 7.55. The number of para-hydroxylation sites is 1. The zero-order chi connectivity index (χ0) is 57.9. The van der Waals surface area contributed by atoms with Crippen molar-refractivity contribution >= 4 is 71.8 Å². The molecule has 1 unspecified atom stereocenters. The molecule has 0 aliphatic heterocycles. The Bertz CT molecular complexity index is 2710. The summed E-state index contributed by atoms with van der Waals surface area (Å²) in [6.07, 6.45) is -1.42. The molecular weight excluding hydrogens is 1090 g/mol. The van der Waals surface area contributed by atoms with Crippen LogP contribution in [0.3, 0.4) is 0 Å². The lowest BCUT2D eigenvalue weighted by atomic mass is 10.0. The number of aryl methyl sites for hydroxylation is 3. The number of alkyl halides is 6. The minimum Gasteiger partial charge on any atom is -0.489 e. The number of hydrogen-bond donors (Lipinski definition) is 4. The van der Waals surface area contributed by atoms with Crippen LogP contribution in [-0.4, -0.2) is 116 Å². The topological polar surface area (TPSA) is 245 Å². The van der Waals surface area contributed by atoms with E-state index in [9.17, 15) is 46.5 Å². The molecule has 0 aliphatic rings. The van der Waals surface area contributed by atoms with Crippen molar-refractivity contribution in [1.29, 1.82) is 0 Å². The molecule has 19 nitrogen and oxygen atoms in total. The van der Waals surface area contributed by atoms with Crippen molar-refractivity contribution < 1.29 is 70.8 Å². The van der Waals surface area contributed by atoms with Gasteiger partial charge in [0.1, 0.15) is 36.4 Å². The standard InChI is InChI=1S/C25H25F3N2O6.C14H20ClNO2.C8H11Cl2NO.C3H8NO5P/c1-5-16-6-7-17(20(12-16)36-15(2)23(32)34-4)14-35-19-10-8-18(9-11-19)30-22(31)13-21(25(26,27)28)29(3)24(30)33;1-4-12-8-6-7-11(3)14(12)16(10-18-5-2)13(17)9-15;1-3-5-11(6-4-2)8(12)7(9)10;5-3(6)1-4-2-10(7,8)9/h6-13,15H,5,14H2,1-4H3;6-8H,4-5,9-10H2,1-3H3;3-4,7H,1-2,5-6H2;4H,1-2H2,(H,5,6)(H2,7,8,9). The summed E-state index contributed by atoms with van der Waals surface area (Å²) < 4.78 is 71.9. The number of rotatable bonds is 23. The predicted molar refractivity (Wildman–Crippen MR) is 285 cm³/mol. The number of methoxy groups -OCH3 is 1. The van der Waals surface area contributed by atoms with E-state index < -0.39 is 66.4 Å². The highest BCUT2D eigenvalue weighted by atomic mass is 35.5. The first-order valence-electron chi connectivity index (χ1n) is 22.9. The average Bonchev–Trinajstić information content (AvgIpc) is 3.36. The van der Waals surface area contributed by atoms with Crippen LogP contribution in [0.4, 0.5) is 18.9 Å². The molecule has 3 aromatic carbocycles. The molecule has 1 heterocycles. The first-order valence-corrected chi connectivity index (χ1v) is 26.1. The molecule has 0 saturated heterocycles. The molecule has 2 amide bonds. The van der Waals surface area contributed by atoms with Gasteiger partial charge in [-0.2, -0.15) is 13.2 Å². The minimum absolute atomic E-state index is 0.0371. The molecule has 4 N–H and O–H groups in total. The number of aromatic nitrogens is 2. The van der Waals surface area contributed by atoms with Crippen LogP contribution >= 0.6 is 42.4 Å². The highest BCUT2D eigenvalue weighted by molar-refractivity contribution is 7.51. The van der Waals surface area contributed by atoms with Gasteiger partial charge in [-0.05, 0) is 80.6 Å². The number of carboxylic acid groups (broad SMARTS) is 1. The van der Waals surface area contributed by atoms with E-state index in [-0.39, 0.29) is 36.7 Å². The summed E-state index contributed by atoms with van der Waals surface area (Å²) in [6, 6.07) is 17.7. The van der Waals surface area contributed by atoms with E-state index >= 15 is 0 Å². The Balaban J connectivity index is 0.000000596. The lowest BCUT2D eigenvalue weighted by molar-refractivity contribution is -0.148. The van der Waals surface area contributed by atoms with E-state index in [0.29, 0.717) is 52.0 Å². The summed E-state index contributed by atoms with van der Waals surface area (Å²) in [7, 11) is -1.88. The maximum Gasteiger partial charge on any atom is 0.431 e. The van der Waals surface area contributed by atoms with Crippen LogP contribution in [0.5, 0.6) is 11.5 Å². The van der Waals surface area contributed by atoms with Gasteiger partial charge in [0.05, 0.1) is 31.3 Å². The number of amides is 2. The summed E-state index contributed by atoms with van der Waals surface area (Å²) in [5.41, 5.74) is 1.32. The van der Waals surface area contributed by atoms with Gasteiger partial charge in [0.15, 0.2) is 10.9 Å². The molecule has 0 spiro atoms. The molecule has 76 heavy (non-hydrogen) atoms. The highest BCUT2D eigenvalue weighted by Crippen LogP contribution is 2.32. The second-order valence-corrected chi connectivity index (χ2v) is 18.7. The molecule has 0 aliphatic carbocycles. The Morgan fingerprint density at radius 1 is 0.934 bits per heavy atom. The number of esters is 1. The molecule has 0 saturated carbocycles. The zero-order valence-corrected chi connectivity index (χ0v) is 46.1. The van der Waals surface area contributed by atoms with Gasteiger partial charge < -0.3 is 38.7 Å². The van der Waals surface area contributed by atoms with Crippen LogP contribution < -0.4 is 30.9 Å². The fourth-order valence-corrected chi connectivity index (χ4v) is 7.18. The number of carbonyl (C=O) groups excluding carboxylic acids is 3. The summed E-state index contributed by atoms with van der Waals surface area (Å²) in [6.45, 7) is 17.9. The normalized spacial score (nSPS) is 11.3. The van der Waals surface area contributed by atoms with Crippen LogP contribution in [0.2, 0.25) is 0 Å². The number of hydrogen-bond acceptors (Lipinski definition) is 12. The van der Waals surface area contributed by atoms with E-state index in [1.54, 1.807) is 24.0 Å². The smallest absolute Gasteiger partial charge is 0.431 e. The first-order chi connectivity index (χ1) is 35.7. The van der Waals surface area contributed by atoms with Crippen molar-refractivity contribution in [2.24, 2.45) is 7.05 Å². The second kappa shape index (κ2) is 33.9. The van der Waals surface area contributed by atoms with Crippen molar-refractivity contribution in [3.05, 3.63) is 141 Å². The van der Waals surface area contributed by atoms with Gasteiger partial charge in [0.25, 0.3) is 11.5 Å². The van der Waals surface area contributed by atoms with Crippen molar-refractivity contribution in [1.82, 2.24) is 19.4 Å². The Hall–Kier alpha value is -5.97. The van der Waals surface area contributed by atoms with Gasteiger partial charge in [-0.3, -0.25) is 38.5 Å². The maximum atomic E-state index is 13.1. The van der Waals surface area contributed by atoms with Gasteiger partial charge in [-0.15, -0.1) is 24.8 Å². The van der Waals surface area contributed by atoms with Gasteiger partial charge in [0.2, 0.25) is 5.91 Å². The average molecular weight is 1150 g/mol. The third-order valence-corrected chi connectivity index (χ3v) is 11.3. The third kappa shape index (κ3) is 23.1. The molecule has 26 heteroatoms. The van der Waals surface area contributed by atoms with Crippen LogP contribution in [0.25, 0.3) is 5.69 Å². The molecule has 4 aromatic rings. The van der Waals surface area contributed by atoms with Gasteiger partial charge in [0, 0.05) is 38.4 Å². The van der Waals surface area contributed by atoms with Crippen molar-refractivity contribution in [3.8, 4) is 17.2 Å². The van der Waals surface area contributed by atoms with E-state index in [2.05, 4.69) is 25.4 Å². The fraction of sp³-hybridized carbons (Fsp3) is 0.400. The number of benzene rings is 3. The quantitative estimate of drug-likeness (QED) is 0.0184. The number of nitrogens with zero attached hydrogens (tertiary/aromatic N) is 4. The van der Waals surface area contributed by atoms with Gasteiger partial charge >= 0.3 is 31.4 Å². The van der Waals surface area contributed by atoms with Gasteiger partial charge in [-0.1, -0.05) is 79.5 Å². The van der Waals surface area contributed by atoms with Crippen LogP contribution in [0.15, 0.2) is 102 Å². The number of carbonyl (C=O) groups is 4. The highest BCUT2D eigenvalue weighted by Gasteiger charge is 2.35. The third-order valence-electron chi connectivity index (χ3n) is 10.1. The Morgan fingerprint density at radius 3 is 2.04 bits per heavy atom. The first kappa shape index (κ1) is 68.0. The summed E-state index contributed by atoms with van der Waals surface area (Å²) in [5.74, 6) is -1.32. The molecule has 4 rings (SSSR count). The Labute approximate surface area is 453 Å². The largest absolute Gasteiger partial charge is 0.489 e. The van der Waals surface area contributed by atoms with E-state index in [0.717, 1.165) is 42.3 Å². The number of carboxylic acids is 1. The molecule has 0 radical (unpaired) electrons. The minimum atomic E-state index is -4.84. The van der Waals surface area contributed by atoms with Crippen LogP contribution in [0, 0.1) is 6.92 Å². The number of aliphatic carboxylic acids is 1. The monoisotopic (exact) mass is 1150 g/mol. The number of anilines is 1. The molecule has 420 valence electrons. The Kier molecular flexibility index (Phi) is 30.4. The Morgan fingerprint density at radius 2 is 1.55 bits per heavy atom. The fourth-order valence-electron chi connectivity index (χ4n) is 6.36.